The zero-order chi connectivity index (χ0) is 28.7. The van der Waals surface area contributed by atoms with Crippen LogP contribution < -0.4 is 16.0 Å². The Morgan fingerprint density at radius 2 is 1.41 bits per heavy atom. The molecule has 0 fully saturated rings. The Labute approximate surface area is 229 Å². The van der Waals surface area contributed by atoms with Gasteiger partial charge in [0.2, 0.25) is 5.91 Å². The van der Waals surface area contributed by atoms with Crippen LogP contribution in [0.4, 0.5) is 9.59 Å². The molecule has 2 aromatic rings. The first-order chi connectivity index (χ1) is 18.6. The largest absolute Gasteiger partial charge is 0.464 e. The van der Waals surface area contributed by atoms with Gasteiger partial charge in [-0.05, 0) is 51.7 Å². The molecule has 0 aromatic heterocycles. The normalized spacial score (nSPS) is 12.4. The lowest BCUT2D eigenvalue weighted by atomic mass is 10.0. The van der Waals surface area contributed by atoms with E-state index in [4.69, 9.17) is 14.2 Å². The van der Waals surface area contributed by atoms with E-state index in [0.717, 1.165) is 11.1 Å². The highest BCUT2D eigenvalue weighted by molar-refractivity contribution is 5.89. The van der Waals surface area contributed by atoms with Gasteiger partial charge in [0.05, 0.1) is 6.61 Å². The molecule has 0 aliphatic rings. The molecule has 0 unspecified atom stereocenters. The lowest BCUT2D eigenvalue weighted by Crippen LogP contribution is -2.52. The van der Waals surface area contributed by atoms with Gasteiger partial charge in [-0.25, -0.2) is 14.4 Å². The second-order valence-corrected chi connectivity index (χ2v) is 9.83. The maximum atomic E-state index is 13.3. The summed E-state index contributed by atoms with van der Waals surface area (Å²) in [5, 5.41) is 7.93. The first-order valence-corrected chi connectivity index (χ1v) is 13.0. The monoisotopic (exact) mass is 541 g/mol. The average molecular weight is 542 g/mol. The first kappa shape index (κ1) is 31.1. The Hall–Kier alpha value is -4.08. The predicted molar refractivity (Wildman–Crippen MR) is 146 cm³/mol. The highest BCUT2D eigenvalue weighted by atomic mass is 16.6. The lowest BCUT2D eigenvalue weighted by Gasteiger charge is -2.23. The lowest BCUT2D eigenvalue weighted by molar-refractivity contribution is -0.147. The molecular weight excluding hydrogens is 502 g/mol. The summed E-state index contributed by atoms with van der Waals surface area (Å²) < 4.78 is 15.7. The van der Waals surface area contributed by atoms with E-state index in [0.29, 0.717) is 6.42 Å². The van der Waals surface area contributed by atoms with Crippen LogP contribution >= 0.6 is 0 Å². The minimum absolute atomic E-state index is 0.0284. The third kappa shape index (κ3) is 12.8. The van der Waals surface area contributed by atoms with Crippen molar-refractivity contribution in [3.05, 3.63) is 71.8 Å². The van der Waals surface area contributed by atoms with Gasteiger partial charge in [0, 0.05) is 13.0 Å². The molecule has 2 rings (SSSR count). The van der Waals surface area contributed by atoms with Gasteiger partial charge >= 0.3 is 18.2 Å². The third-order valence-electron chi connectivity index (χ3n) is 5.33. The molecule has 2 aromatic carbocycles. The number of esters is 1. The first-order valence-electron chi connectivity index (χ1n) is 13.0. The SMILES string of the molecule is CCOC(=O)[C@H](Cc1ccccc1)NC(=O)[C@@H](CCCNC(=O)OC(C)(C)C)NC(=O)OCc1ccccc1. The van der Waals surface area contributed by atoms with Crippen LogP contribution in [0.1, 0.15) is 51.7 Å². The Morgan fingerprint density at radius 1 is 0.795 bits per heavy atom. The van der Waals surface area contributed by atoms with Crippen molar-refractivity contribution in [2.45, 2.75) is 71.2 Å². The van der Waals surface area contributed by atoms with Crippen LogP contribution in [0.25, 0.3) is 0 Å². The molecule has 10 nitrogen and oxygen atoms in total. The number of hydrogen-bond donors (Lipinski definition) is 3. The molecule has 0 aliphatic heterocycles. The van der Waals surface area contributed by atoms with E-state index in [1.165, 1.54) is 0 Å². The molecule has 0 saturated carbocycles. The van der Waals surface area contributed by atoms with Crippen molar-refractivity contribution in [2.75, 3.05) is 13.2 Å². The van der Waals surface area contributed by atoms with Gasteiger partial charge in [-0.1, -0.05) is 60.7 Å². The maximum Gasteiger partial charge on any atom is 0.408 e. The van der Waals surface area contributed by atoms with E-state index in [1.54, 1.807) is 27.7 Å². The van der Waals surface area contributed by atoms with Crippen LogP contribution in [0, 0.1) is 0 Å². The molecule has 3 amide bonds. The zero-order valence-corrected chi connectivity index (χ0v) is 23.0. The third-order valence-corrected chi connectivity index (χ3v) is 5.33. The molecule has 212 valence electrons. The van der Waals surface area contributed by atoms with Gasteiger partial charge in [0.15, 0.2) is 0 Å². The van der Waals surface area contributed by atoms with E-state index < -0.39 is 41.7 Å². The van der Waals surface area contributed by atoms with Crippen molar-refractivity contribution in [3.8, 4) is 0 Å². The molecule has 39 heavy (non-hydrogen) atoms. The summed E-state index contributed by atoms with van der Waals surface area (Å²) in [5.41, 5.74) is 0.988. The number of rotatable bonds is 13. The minimum atomic E-state index is -1.03. The molecule has 0 aliphatic carbocycles. The van der Waals surface area contributed by atoms with Crippen molar-refractivity contribution in [3.63, 3.8) is 0 Å². The number of carbonyl (C=O) groups excluding carboxylic acids is 4. The number of ether oxygens (including phenoxy) is 3. The summed E-state index contributed by atoms with van der Waals surface area (Å²) in [7, 11) is 0. The Bertz CT molecular complexity index is 1060. The standard InChI is InChI=1S/C29H39N3O7/c1-5-37-26(34)24(19-21-13-8-6-9-14-21)31-25(33)23(17-12-18-30-27(35)39-29(2,3)4)32-28(36)38-20-22-15-10-7-11-16-22/h6-11,13-16,23-24H,5,12,17-20H2,1-4H3,(H,30,35)(H,31,33)(H,32,36)/t23-,24+/m1/s1. The summed E-state index contributed by atoms with van der Waals surface area (Å²) in [5.74, 6) is -1.15. The van der Waals surface area contributed by atoms with Crippen LogP contribution in [0.5, 0.6) is 0 Å². The molecule has 0 radical (unpaired) electrons. The Morgan fingerprint density at radius 3 is 2.00 bits per heavy atom. The van der Waals surface area contributed by atoms with Gasteiger partial charge < -0.3 is 30.2 Å². The number of hydrogen-bond acceptors (Lipinski definition) is 7. The smallest absolute Gasteiger partial charge is 0.408 e. The van der Waals surface area contributed by atoms with Crippen LogP contribution in [0.15, 0.2) is 60.7 Å². The molecule has 0 bridgehead atoms. The van der Waals surface area contributed by atoms with Crippen LogP contribution in [-0.4, -0.2) is 54.9 Å². The Kier molecular flexibility index (Phi) is 12.8. The van der Waals surface area contributed by atoms with Gasteiger partial charge in [0.1, 0.15) is 24.3 Å². The highest BCUT2D eigenvalue weighted by Crippen LogP contribution is 2.09. The van der Waals surface area contributed by atoms with E-state index in [2.05, 4.69) is 16.0 Å². The minimum Gasteiger partial charge on any atom is -0.464 e. The average Bonchev–Trinajstić information content (AvgIpc) is 2.89. The van der Waals surface area contributed by atoms with Crippen molar-refractivity contribution in [1.29, 1.82) is 0 Å². The molecule has 0 spiro atoms. The second-order valence-electron chi connectivity index (χ2n) is 9.83. The van der Waals surface area contributed by atoms with E-state index >= 15 is 0 Å². The molecular formula is C29H39N3O7. The number of benzene rings is 2. The van der Waals surface area contributed by atoms with Crippen molar-refractivity contribution < 1.29 is 33.4 Å². The van der Waals surface area contributed by atoms with E-state index in [-0.39, 0.29) is 32.6 Å². The van der Waals surface area contributed by atoms with Crippen LogP contribution in [0.3, 0.4) is 0 Å². The number of amides is 3. The fourth-order valence-corrected chi connectivity index (χ4v) is 3.54. The summed E-state index contributed by atoms with van der Waals surface area (Å²) >= 11 is 0. The van der Waals surface area contributed by atoms with Crippen LogP contribution in [0.2, 0.25) is 0 Å². The number of alkyl carbamates (subject to hydrolysis) is 2. The molecule has 0 saturated heterocycles. The number of carbonyl (C=O) groups is 4. The molecule has 0 heterocycles. The summed E-state index contributed by atoms with van der Waals surface area (Å²) in [6, 6.07) is 16.4. The number of nitrogens with one attached hydrogen (secondary N) is 3. The topological polar surface area (TPSA) is 132 Å². The highest BCUT2D eigenvalue weighted by Gasteiger charge is 2.28. The summed E-state index contributed by atoms with van der Waals surface area (Å²) in [4.78, 5) is 50.4. The van der Waals surface area contributed by atoms with E-state index in [1.807, 2.05) is 60.7 Å². The van der Waals surface area contributed by atoms with Crippen molar-refractivity contribution >= 4 is 24.1 Å². The fraction of sp³-hybridized carbons (Fsp3) is 0.448. The quantitative estimate of drug-likeness (QED) is 0.199. The van der Waals surface area contributed by atoms with Gasteiger partial charge in [-0.2, -0.15) is 0 Å². The molecule has 2 atom stereocenters. The van der Waals surface area contributed by atoms with Crippen molar-refractivity contribution in [1.82, 2.24) is 16.0 Å². The van der Waals surface area contributed by atoms with Gasteiger partial charge in [-0.3, -0.25) is 4.79 Å². The maximum absolute atomic E-state index is 13.3. The second kappa shape index (κ2) is 16.0. The van der Waals surface area contributed by atoms with Crippen LogP contribution in [-0.2, 0) is 36.8 Å². The molecule has 3 N–H and O–H groups in total. The predicted octanol–water partition coefficient (Wildman–Crippen LogP) is 3.88. The molecule has 10 heteroatoms. The summed E-state index contributed by atoms with van der Waals surface area (Å²) in [6.45, 7) is 7.35. The zero-order valence-electron chi connectivity index (χ0n) is 23.0. The van der Waals surface area contributed by atoms with Gasteiger partial charge in [0.25, 0.3) is 0 Å². The fourth-order valence-electron chi connectivity index (χ4n) is 3.54. The summed E-state index contributed by atoms with van der Waals surface area (Å²) in [6.07, 6.45) is -0.627. The Balaban J connectivity index is 2.05. The van der Waals surface area contributed by atoms with E-state index in [9.17, 15) is 19.2 Å². The van der Waals surface area contributed by atoms with Crippen molar-refractivity contribution in [2.24, 2.45) is 0 Å². The van der Waals surface area contributed by atoms with Gasteiger partial charge in [-0.15, -0.1) is 0 Å².